The summed E-state index contributed by atoms with van der Waals surface area (Å²) in [5.74, 6) is 0.308. The van der Waals surface area contributed by atoms with Crippen molar-refractivity contribution in [1.82, 2.24) is 24.6 Å². The number of pyridine rings is 1. The predicted octanol–water partition coefficient (Wildman–Crippen LogP) is 4.17. The second-order valence-corrected chi connectivity index (χ2v) is 8.17. The van der Waals surface area contributed by atoms with Crippen molar-refractivity contribution in [2.75, 3.05) is 5.32 Å². The first kappa shape index (κ1) is 18.6. The van der Waals surface area contributed by atoms with E-state index in [9.17, 15) is 9.65 Å². The minimum absolute atomic E-state index is 0.159. The molecule has 2 aliphatic carbocycles. The fraction of sp³-hybridized carbons (Fsp3) is 0.208. The monoisotopic (exact) mass is 423 g/mol. The minimum Gasteiger partial charge on any atom is -0.351 e. The van der Waals surface area contributed by atoms with Crippen molar-refractivity contribution in [3.05, 3.63) is 77.0 Å². The summed E-state index contributed by atoms with van der Waals surface area (Å²) in [7, 11) is 0. The summed E-state index contributed by atoms with van der Waals surface area (Å²) in [5, 5.41) is 17.3. The lowest BCUT2D eigenvalue weighted by Gasteiger charge is -2.26. The normalized spacial score (nSPS) is 17.2. The number of rotatable bonds is 3. The molecule has 32 heavy (non-hydrogen) atoms. The van der Waals surface area contributed by atoms with Crippen LogP contribution in [0, 0.1) is 17.1 Å². The van der Waals surface area contributed by atoms with Gasteiger partial charge in [0.15, 0.2) is 11.5 Å². The summed E-state index contributed by atoms with van der Waals surface area (Å²) in [6, 6.07) is 12.2. The first-order valence-corrected chi connectivity index (χ1v) is 10.5. The van der Waals surface area contributed by atoms with Crippen molar-refractivity contribution in [3.63, 3.8) is 0 Å². The van der Waals surface area contributed by atoms with Gasteiger partial charge in [0.1, 0.15) is 17.4 Å². The molecule has 8 heteroatoms. The summed E-state index contributed by atoms with van der Waals surface area (Å²) < 4.78 is 15.3. The van der Waals surface area contributed by atoms with Gasteiger partial charge in [-0.25, -0.2) is 9.37 Å². The van der Waals surface area contributed by atoms with Crippen LogP contribution >= 0.6 is 0 Å². The summed E-state index contributed by atoms with van der Waals surface area (Å²) in [6.07, 6.45) is 8.04. The highest BCUT2D eigenvalue weighted by atomic mass is 19.1. The van der Waals surface area contributed by atoms with Crippen LogP contribution in [-0.4, -0.2) is 30.6 Å². The molecule has 0 amide bonds. The Morgan fingerprint density at radius 3 is 2.94 bits per heavy atom. The van der Waals surface area contributed by atoms with Crippen LogP contribution in [0.3, 0.4) is 0 Å². The number of halogens is 1. The third kappa shape index (κ3) is 3.02. The zero-order valence-corrected chi connectivity index (χ0v) is 17.1. The van der Waals surface area contributed by atoms with Gasteiger partial charge >= 0.3 is 0 Å². The van der Waals surface area contributed by atoms with Crippen LogP contribution in [-0.2, 0) is 6.42 Å². The van der Waals surface area contributed by atoms with Gasteiger partial charge in [0.2, 0.25) is 5.95 Å². The molecule has 4 aromatic rings. The number of nitriles is 1. The zero-order chi connectivity index (χ0) is 21.7. The van der Waals surface area contributed by atoms with Gasteiger partial charge in [0.25, 0.3) is 0 Å². The largest absolute Gasteiger partial charge is 0.351 e. The number of nitrogens with one attached hydrogen (secondary N) is 1. The summed E-state index contributed by atoms with van der Waals surface area (Å²) >= 11 is 0. The first-order chi connectivity index (χ1) is 15.7. The number of hydrogen-bond donors (Lipinski definition) is 1. The second kappa shape index (κ2) is 7.24. The molecule has 0 unspecified atom stereocenters. The van der Waals surface area contributed by atoms with Gasteiger partial charge < -0.3 is 5.32 Å². The van der Waals surface area contributed by atoms with Crippen LogP contribution < -0.4 is 5.32 Å². The van der Waals surface area contributed by atoms with Gasteiger partial charge in [0.05, 0.1) is 12.4 Å². The van der Waals surface area contributed by atoms with E-state index in [1.165, 1.54) is 40.7 Å². The molecule has 0 bridgehead atoms. The third-order valence-corrected chi connectivity index (χ3v) is 6.20. The molecule has 1 aromatic carbocycles. The van der Waals surface area contributed by atoms with E-state index in [2.05, 4.69) is 55.7 Å². The van der Waals surface area contributed by atoms with Crippen molar-refractivity contribution >= 4 is 17.2 Å². The van der Waals surface area contributed by atoms with Crippen LogP contribution in [0.4, 0.5) is 10.3 Å². The molecule has 0 fully saturated rings. The minimum atomic E-state index is -0.471. The van der Waals surface area contributed by atoms with Crippen molar-refractivity contribution in [2.24, 2.45) is 0 Å². The Balaban J connectivity index is 1.38. The number of hydrogen-bond acceptors (Lipinski definition) is 6. The van der Waals surface area contributed by atoms with Crippen LogP contribution in [0.15, 0.2) is 54.5 Å². The molecule has 156 valence electrons. The van der Waals surface area contributed by atoms with Crippen LogP contribution in [0.25, 0.3) is 22.6 Å². The molecule has 0 saturated heterocycles. The molecule has 1 N–H and O–H groups in total. The molecule has 0 spiro atoms. The number of benzene rings is 1. The van der Waals surface area contributed by atoms with Crippen molar-refractivity contribution in [2.45, 2.75) is 31.7 Å². The van der Waals surface area contributed by atoms with E-state index < -0.39 is 5.82 Å². The van der Waals surface area contributed by atoms with Gasteiger partial charge in [-0.15, -0.1) is 0 Å². The van der Waals surface area contributed by atoms with E-state index in [0.29, 0.717) is 28.5 Å². The lowest BCUT2D eigenvalue weighted by atomic mass is 9.88. The van der Waals surface area contributed by atoms with Gasteiger partial charge in [-0.05, 0) is 48.4 Å². The molecule has 3 heterocycles. The molecule has 0 aliphatic heterocycles. The smallest absolute Gasteiger partial charge is 0.228 e. The van der Waals surface area contributed by atoms with E-state index in [1.54, 1.807) is 4.52 Å². The quantitative estimate of drug-likeness (QED) is 0.532. The molecule has 1 atom stereocenters. The average molecular weight is 423 g/mol. The summed E-state index contributed by atoms with van der Waals surface area (Å²) in [4.78, 5) is 13.0. The Morgan fingerprint density at radius 1 is 1.16 bits per heavy atom. The molecule has 0 saturated carbocycles. The maximum absolute atomic E-state index is 13.8. The maximum atomic E-state index is 13.8. The van der Waals surface area contributed by atoms with Crippen LogP contribution in [0.2, 0.25) is 0 Å². The highest BCUT2D eigenvalue weighted by Gasteiger charge is 2.29. The molecular formula is C24H18FN7. The standard InChI is InChI=1S/C24H18FN7/c25-18-8-16(11-27-13-18)22-30-23-17(10-26)12-28-32(23)24(31-22)29-19-6-5-15-7-14-3-1-2-4-20(14)21(15)9-19/h1-4,8,11-13,19H,5-7,9H2,(H,29,30,31)/t19-/m1/s1. The Labute approximate surface area is 183 Å². The lowest BCUT2D eigenvalue weighted by molar-refractivity contribution is 0.621. The van der Waals surface area contributed by atoms with E-state index in [1.807, 2.05) is 0 Å². The van der Waals surface area contributed by atoms with Crippen molar-refractivity contribution < 1.29 is 4.39 Å². The number of aromatic nitrogens is 5. The Hall–Kier alpha value is -4.12. The SMILES string of the molecule is N#Cc1cnn2c(N[C@@H]3CCC4=C(C3)c3ccccc3C4)nc(-c3cncc(F)c3)nc12. The topological polar surface area (TPSA) is 91.8 Å². The first-order valence-electron chi connectivity index (χ1n) is 10.5. The van der Waals surface area contributed by atoms with Crippen LogP contribution in [0.1, 0.15) is 36.0 Å². The van der Waals surface area contributed by atoms with E-state index in [4.69, 9.17) is 0 Å². The molecule has 7 nitrogen and oxygen atoms in total. The molecular weight excluding hydrogens is 405 g/mol. The van der Waals surface area contributed by atoms with Gasteiger partial charge in [-0.1, -0.05) is 29.8 Å². The lowest BCUT2D eigenvalue weighted by Crippen LogP contribution is -2.25. The molecule has 3 aromatic heterocycles. The number of fused-ring (bicyclic) bond motifs is 3. The Morgan fingerprint density at radius 2 is 2.06 bits per heavy atom. The predicted molar refractivity (Wildman–Crippen MR) is 117 cm³/mol. The number of allylic oxidation sites excluding steroid dienone is 1. The van der Waals surface area contributed by atoms with Crippen molar-refractivity contribution in [3.8, 4) is 17.5 Å². The zero-order valence-electron chi connectivity index (χ0n) is 17.1. The van der Waals surface area contributed by atoms with Gasteiger partial charge in [-0.2, -0.15) is 19.9 Å². The Kier molecular flexibility index (Phi) is 4.21. The van der Waals surface area contributed by atoms with E-state index in [-0.39, 0.29) is 6.04 Å². The average Bonchev–Trinajstić information content (AvgIpc) is 3.40. The summed E-state index contributed by atoms with van der Waals surface area (Å²) in [6.45, 7) is 0. The maximum Gasteiger partial charge on any atom is 0.228 e. The fourth-order valence-corrected chi connectivity index (χ4v) is 4.71. The Bertz CT molecular complexity index is 1450. The van der Waals surface area contributed by atoms with E-state index >= 15 is 0 Å². The van der Waals surface area contributed by atoms with Gasteiger partial charge in [0, 0.05) is 17.8 Å². The highest BCUT2D eigenvalue weighted by Crippen LogP contribution is 2.42. The number of anilines is 1. The van der Waals surface area contributed by atoms with Crippen LogP contribution in [0.5, 0.6) is 0 Å². The van der Waals surface area contributed by atoms with Gasteiger partial charge in [-0.3, -0.25) is 4.98 Å². The number of nitrogens with zero attached hydrogens (tertiary/aromatic N) is 6. The summed E-state index contributed by atoms with van der Waals surface area (Å²) in [5.41, 5.74) is 6.84. The molecule has 6 rings (SSSR count). The highest BCUT2D eigenvalue weighted by molar-refractivity contribution is 5.78. The molecule has 0 radical (unpaired) electrons. The second-order valence-electron chi connectivity index (χ2n) is 8.17. The fourth-order valence-electron chi connectivity index (χ4n) is 4.71. The molecule has 2 aliphatic rings. The third-order valence-electron chi connectivity index (χ3n) is 6.20. The van der Waals surface area contributed by atoms with Crippen molar-refractivity contribution in [1.29, 1.82) is 5.26 Å². The van der Waals surface area contributed by atoms with E-state index in [0.717, 1.165) is 31.9 Å².